The number of thiophene rings is 1. The van der Waals surface area contributed by atoms with Crippen molar-refractivity contribution in [2.75, 3.05) is 32.1 Å². The van der Waals surface area contributed by atoms with E-state index in [9.17, 15) is 14.4 Å². The highest BCUT2D eigenvalue weighted by Crippen LogP contribution is 2.40. The predicted molar refractivity (Wildman–Crippen MR) is 137 cm³/mol. The summed E-state index contributed by atoms with van der Waals surface area (Å²) in [4.78, 5) is 39.9. The van der Waals surface area contributed by atoms with Gasteiger partial charge in [0.2, 0.25) is 11.8 Å². The van der Waals surface area contributed by atoms with Crippen molar-refractivity contribution in [2.45, 2.75) is 33.1 Å². The molecule has 1 atom stereocenters. The summed E-state index contributed by atoms with van der Waals surface area (Å²) in [6.45, 7) is 5.51. The van der Waals surface area contributed by atoms with Crippen molar-refractivity contribution in [2.24, 2.45) is 5.92 Å². The van der Waals surface area contributed by atoms with E-state index >= 15 is 0 Å². The van der Waals surface area contributed by atoms with Crippen LogP contribution in [0.15, 0.2) is 42.5 Å². The quantitative estimate of drug-likeness (QED) is 0.432. The van der Waals surface area contributed by atoms with E-state index in [4.69, 9.17) is 9.47 Å². The van der Waals surface area contributed by atoms with E-state index in [1.165, 1.54) is 29.6 Å². The molecular formula is C27H30N2O5S. The fourth-order valence-corrected chi connectivity index (χ4v) is 5.20. The second-order valence-corrected chi connectivity index (χ2v) is 9.83. The summed E-state index contributed by atoms with van der Waals surface area (Å²) in [7, 11) is 1.34. The van der Waals surface area contributed by atoms with Crippen molar-refractivity contribution in [3.8, 4) is 5.75 Å². The van der Waals surface area contributed by atoms with Crippen LogP contribution in [0.2, 0.25) is 0 Å². The first-order valence-corrected chi connectivity index (χ1v) is 12.6. The smallest absolute Gasteiger partial charge is 0.351 e. The van der Waals surface area contributed by atoms with Crippen LogP contribution in [0.1, 0.15) is 40.6 Å². The predicted octanol–water partition coefficient (Wildman–Crippen LogP) is 4.81. The van der Waals surface area contributed by atoms with Crippen molar-refractivity contribution in [1.29, 1.82) is 0 Å². The number of hydrogen-bond donors (Lipinski definition) is 1. The third-order valence-corrected chi connectivity index (χ3v) is 7.24. The van der Waals surface area contributed by atoms with Crippen LogP contribution in [0.25, 0.3) is 10.1 Å². The molecule has 0 aliphatic carbocycles. The number of nitrogens with one attached hydrogen (secondary N) is 1. The van der Waals surface area contributed by atoms with Gasteiger partial charge in [0.05, 0.1) is 19.6 Å². The number of benzene rings is 2. The molecule has 1 fully saturated rings. The summed E-state index contributed by atoms with van der Waals surface area (Å²) in [6, 6.07) is 13.7. The Balaban J connectivity index is 1.43. The van der Waals surface area contributed by atoms with Gasteiger partial charge in [-0.25, -0.2) is 4.79 Å². The van der Waals surface area contributed by atoms with Gasteiger partial charge < -0.3 is 19.7 Å². The van der Waals surface area contributed by atoms with Gasteiger partial charge in [0, 0.05) is 35.3 Å². The zero-order valence-corrected chi connectivity index (χ0v) is 21.1. The molecule has 0 saturated carbocycles. The lowest BCUT2D eigenvalue weighted by molar-refractivity contribution is -0.128. The highest BCUT2D eigenvalue weighted by molar-refractivity contribution is 7.21. The van der Waals surface area contributed by atoms with E-state index in [1.807, 2.05) is 26.0 Å². The summed E-state index contributed by atoms with van der Waals surface area (Å²) >= 11 is 1.30. The monoisotopic (exact) mass is 494 g/mol. The lowest BCUT2D eigenvalue weighted by Crippen LogP contribution is -2.30. The van der Waals surface area contributed by atoms with Crippen LogP contribution in [-0.2, 0) is 20.7 Å². The Hall–Kier alpha value is -3.39. The Bertz CT molecular complexity index is 1230. The molecule has 35 heavy (non-hydrogen) atoms. The summed E-state index contributed by atoms with van der Waals surface area (Å²) in [5, 5.41) is 3.70. The van der Waals surface area contributed by atoms with Gasteiger partial charge in [-0.15, -0.1) is 11.3 Å². The van der Waals surface area contributed by atoms with Crippen LogP contribution in [0.4, 0.5) is 5.69 Å². The highest BCUT2D eigenvalue weighted by Gasteiger charge is 2.34. The minimum atomic E-state index is -0.446. The van der Waals surface area contributed by atoms with E-state index in [1.54, 1.807) is 11.0 Å². The van der Waals surface area contributed by atoms with Crippen molar-refractivity contribution in [3.05, 3.63) is 58.5 Å². The molecule has 2 heterocycles. The standard InChI is InChI=1S/C27H30N2O5S/c1-4-13-34-24-21-15-20(9-10-22(21)35-25(24)27(32)33-3)28-26(31)19-14-23(30)29(16-19)12-11-18-7-5-17(2)6-8-18/h5-10,15,19H,4,11-14,16H2,1-3H3,(H,28,31)/t19-/m1/s1. The maximum Gasteiger partial charge on any atom is 0.351 e. The molecule has 184 valence electrons. The molecule has 1 saturated heterocycles. The Morgan fingerprint density at radius 3 is 2.66 bits per heavy atom. The number of likely N-dealkylation sites (tertiary alicyclic amines) is 1. The number of rotatable bonds is 9. The van der Waals surface area contributed by atoms with E-state index in [0.29, 0.717) is 36.0 Å². The number of fused-ring (bicyclic) bond motifs is 1. The van der Waals surface area contributed by atoms with Crippen molar-refractivity contribution < 1.29 is 23.9 Å². The molecule has 7 nitrogen and oxygen atoms in total. The number of amides is 2. The first-order valence-electron chi connectivity index (χ1n) is 11.8. The third kappa shape index (κ3) is 5.65. The molecule has 2 amide bonds. The van der Waals surface area contributed by atoms with Crippen molar-refractivity contribution in [1.82, 2.24) is 4.90 Å². The zero-order chi connectivity index (χ0) is 24.9. The Morgan fingerprint density at radius 2 is 1.94 bits per heavy atom. The molecule has 0 unspecified atom stereocenters. The molecule has 3 aromatic rings. The minimum absolute atomic E-state index is 0.00326. The molecule has 0 radical (unpaired) electrons. The second-order valence-electron chi connectivity index (χ2n) is 8.78. The molecule has 1 aliphatic heterocycles. The zero-order valence-electron chi connectivity index (χ0n) is 20.3. The Labute approximate surface area is 209 Å². The molecule has 8 heteroatoms. The van der Waals surface area contributed by atoms with Gasteiger partial charge in [0.15, 0.2) is 10.6 Å². The third-order valence-electron chi connectivity index (χ3n) is 6.11. The number of nitrogens with zero attached hydrogens (tertiary/aromatic N) is 1. The molecule has 1 N–H and O–H groups in total. The van der Waals surface area contributed by atoms with Gasteiger partial charge in [-0.2, -0.15) is 0 Å². The number of carbonyl (C=O) groups excluding carboxylic acids is 3. The average molecular weight is 495 g/mol. The minimum Gasteiger partial charge on any atom is -0.491 e. The van der Waals surface area contributed by atoms with Crippen molar-refractivity contribution in [3.63, 3.8) is 0 Å². The van der Waals surface area contributed by atoms with E-state index < -0.39 is 11.9 Å². The van der Waals surface area contributed by atoms with Crippen LogP contribution in [0.5, 0.6) is 5.75 Å². The first-order chi connectivity index (χ1) is 16.9. The summed E-state index contributed by atoms with van der Waals surface area (Å²) < 4.78 is 11.6. The Morgan fingerprint density at radius 1 is 1.17 bits per heavy atom. The highest BCUT2D eigenvalue weighted by atomic mass is 32.1. The summed E-state index contributed by atoms with van der Waals surface area (Å²) in [6.07, 6.45) is 1.76. The average Bonchev–Trinajstić information content (AvgIpc) is 3.41. The molecule has 1 aliphatic rings. The Kier molecular flexibility index (Phi) is 7.70. The topological polar surface area (TPSA) is 84.9 Å². The number of esters is 1. The van der Waals surface area contributed by atoms with Crippen LogP contribution in [-0.4, -0.2) is 49.5 Å². The maximum absolute atomic E-state index is 13.0. The second kappa shape index (κ2) is 10.9. The van der Waals surface area contributed by atoms with E-state index in [-0.39, 0.29) is 18.2 Å². The van der Waals surface area contributed by atoms with Crippen LogP contribution >= 0.6 is 11.3 Å². The molecule has 2 aromatic carbocycles. The largest absolute Gasteiger partial charge is 0.491 e. The number of ether oxygens (including phenoxy) is 2. The fraction of sp³-hybridized carbons (Fsp3) is 0.370. The molecular weight excluding hydrogens is 464 g/mol. The van der Waals surface area contributed by atoms with Gasteiger partial charge in [-0.05, 0) is 43.5 Å². The maximum atomic E-state index is 13.0. The van der Waals surface area contributed by atoms with Crippen molar-refractivity contribution >= 4 is 44.9 Å². The van der Waals surface area contributed by atoms with Gasteiger partial charge in [-0.3, -0.25) is 9.59 Å². The number of hydrogen-bond acceptors (Lipinski definition) is 6. The van der Waals surface area contributed by atoms with E-state index in [0.717, 1.165) is 22.9 Å². The van der Waals surface area contributed by atoms with Gasteiger partial charge in [-0.1, -0.05) is 36.8 Å². The van der Waals surface area contributed by atoms with Crippen LogP contribution in [0, 0.1) is 12.8 Å². The summed E-state index contributed by atoms with van der Waals surface area (Å²) in [5.74, 6) is -0.551. The van der Waals surface area contributed by atoms with Gasteiger partial charge >= 0.3 is 5.97 Å². The van der Waals surface area contributed by atoms with Crippen LogP contribution in [0.3, 0.4) is 0 Å². The summed E-state index contributed by atoms with van der Waals surface area (Å²) in [5.41, 5.74) is 2.98. The number of carbonyl (C=O) groups is 3. The first kappa shape index (κ1) is 24.7. The normalized spacial score (nSPS) is 15.5. The molecule has 0 bridgehead atoms. The molecule has 0 spiro atoms. The number of methoxy groups -OCH3 is 1. The van der Waals surface area contributed by atoms with Gasteiger partial charge in [0.1, 0.15) is 0 Å². The number of aryl methyl sites for hydroxylation is 1. The lowest BCUT2D eigenvalue weighted by Gasteiger charge is -2.16. The van der Waals surface area contributed by atoms with E-state index in [2.05, 4.69) is 29.6 Å². The lowest BCUT2D eigenvalue weighted by atomic mass is 10.1. The fourth-order valence-electron chi connectivity index (χ4n) is 4.15. The van der Waals surface area contributed by atoms with Gasteiger partial charge in [0.25, 0.3) is 0 Å². The number of anilines is 1. The molecule has 4 rings (SSSR count). The van der Waals surface area contributed by atoms with Crippen LogP contribution < -0.4 is 10.1 Å². The molecule has 1 aromatic heterocycles. The SMILES string of the molecule is CCCOc1c(C(=O)OC)sc2ccc(NC(=O)[C@@H]3CC(=O)N(CCc4ccc(C)cc4)C3)cc12.